The zero-order valence-electron chi connectivity index (χ0n) is 11.8. The van der Waals surface area contributed by atoms with Crippen molar-refractivity contribution in [2.45, 2.75) is 26.2 Å². The minimum Gasteiger partial charge on any atom is -0.505 e. The molecule has 0 saturated carbocycles. The highest BCUT2D eigenvalue weighted by atomic mass is 35.5. The van der Waals surface area contributed by atoms with Crippen molar-refractivity contribution in [3.05, 3.63) is 22.6 Å². The summed E-state index contributed by atoms with van der Waals surface area (Å²) in [5, 5.41) is 25.0. The Bertz CT molecular complexity index is 728. The molecule has 2 heterocycles. The van der Waals surface area contributed by atoms with E-state index in [9.17, 15) is 14.7 Å². The zero-order valence-corrected chi connectivity index (χ0v) is 12.6. The Morgan fingerprint density at radius 2 is 2.18 bits per heavy atom. The molecule has 0 spiro atoms. The topological polar surface area (TPSA) is 117 Å². The number of unbranched alkanes of at least 4 members (excludes halogenated alkanes) is 1. The van der Waals surface area contributed by atoms with E-state index >= 15 is 0 Å². The molecule has 0 aliphatic rings. The van der Waals surface area contributed by atoms with Gasteiger partial charge in [-0.05, 0) is 12.8 Å². The molecule has 2 aromatic heterocycles. The second-order valence-electron chi connectivity index (χ2n) is 4.66. The van der Waals surface area contributed by atoms with Crippen molar-refractivity contribution in [2.24, 2.45) is 0 Å². The Morgan fingerprint density at radius 3 is 2.82 bits per heavy atom. The molecule has 118 valence electrons. The molecule has 1 amide bonds. The standard InChI is InChI=1S/C13H15ClN4O4/c1-2-3-4-7-10(14)11(21)9(12-16-6-17-18(7)12)13(22)15-5-8(19)20/h6,21H,2-5H2,1H3,(H,15,22)(H,19,20). The van der Waals surface area contributed by atoms with Crippen LogP contribution in [0.25, 0.3) is 5.65 Å². The number of hydrogen-bond acceptors (Lipinski definition) is 5. The second-order valence-corrected chi connectivity index (χ2v) is 5.04. The summed E-state index contributed by atoms with van der Waals surface area (Å²) >= 11 is 6.14. The van der Waals surface area contributed by atoms with Gasteiger partial charge in [0.25, 0.3) is 5.91 Å². The number of pyridine rings is 1. The second kappa shape index (κ2) is 6.61. The average Bonchev–Trinajstić information content (AvgIpc) is 2.94. The molecule has 0 radical (unpaired) electrons. The maximum atomic E-state index is 12.1. The van der Waals surface area contributed by atoms with Crippen LogP contribution in [0.4, 0.5) is 0 Å². The number of rotatable bonds is 6. The summed E-state index contributed by atoms with van der Waals surface area (Å²) in [4.78, 5) is 26.6. The van der Waals surface area contributed by atoms with Crippen LogP contribution in [0.3, 0.4) is 0 Å². The molecule has 2 rings (SSSR count). The third-order valence-corrected chi connectivity index (χ3v) is 3.52. The number of aromatic hydroxyl groups is 1. The fraction of sp³-hybridized carbons (Fsp3) is 0.385. The largest absolute Gasteiger partial charge is 0.505 e. The van der Waals surface area contributed by atoms with Crippen LogP contribution in [-0.4, -0.2) is 43.2 Å². The first kappa shape index (κ1) is 16.0. The summed E-state index contributed by atoms with van der Waals surface area (Å²) in [6.07, 6.45) is 3.57. The molecular weight excluding hydrogens is 312 g/mol. The van der Waals surface area contributed by atoms with Gasteiger partial charge in [-0.1, -0.05) is 24.9 Å². The summed E-state index contributed by atoms with van der Waals surface area (Å²) < 4.78 is 1.40. The van der Waals surface area contributed by atoms with E-state index in [1.807, 2.05) is 6.92 Å². The van der Waals surface area contributed by atoms with E-state index < -0.39 is 24.2 Å². The molecule has 3 N–H and O–H groups in total. The normalized spacial score (nSPS) is 10.8. The van der Waals surface area contributed by atoms with Crippen molar-refractivity contribution < 1.29 is 19.8 Å². The first-order valence-electron chi connectivity index (χ1n) is 6.70. The number of amides is 1. The maximum absolute atomic E-state index is 12.1. The van der Waals surface area contributed by atoms with Gasteiger partial charge in [0.05, 0.1) is 5.69 Å². The lowest BCUT2D eigenvalue weighted by molar-refractivity contribution is -0.135. The van der Waals surface area contributed by atoms with E-state index in [4.69, 9.17) is 16.7 Å². The van der Waals surface area contributed by atoms with E-state index in [-0.39, 0.29) is 16.2 Å². The average molecular weight is 327 g/mol. The maximum Gasteiger partial charge on any atom is 0.322 e. The van der Waals surface area contributed by atoms with Gasteiger partial charge in [-0.25, -0.2) is 9.50 Å². The Kier molecular flexibility index (Phi) is 4.81. The van der Waals surface area contributed by atoms with Crippen molar-refractivity contribution in [1.29, 1.82) is 0 Å². The molecule has 0 atom stereocenters. The first-order chi connectivity index (χ1) is 10.5. The number of carbonyl (C=O) groups excluding carboxylic acids is 1. The molecule has 2 aromatic rings. The van der Waals surface area contributed by atoms with Crippen molar-refractivity contribution in [1.82, 2.24) is 19.9 Å². The molecule has 0 unspecified atom stereocenters. The molecule has 0 bridgehead atoms. The number of nitrogens with zero attached hydrogens (tertiary/aromatic N) is 3. The molecule has 8 nitrogen and oxygen atoms in total. The lowest BCUT2D eigenvalue weighted by Crippen LogP contribution is -2.30. The predicted molar refractivity (Wildman–Crippen MR) is 78.2 cm³/mol. The lowest BCUT2D eigenvalue weighted by atomic mass is 10.1. The number of aromatic nitrogens is 3. The third-order valence-electron chi connectivity index (χ3n) is 3.12. The minimum absolute atomic E-state index is 0.0203. The zero-order chi connectivity index (χ0) is 16.3. The summed E-state index contributed by atoms with van der Waals surface area (Å²) in [6, 6.07) is 0. The number of aryl methyl sites for hydroxylation is 1. The Morgan fingerprint density at radius 1 is 1.45 bits per heavy atom. The van der Waals surface area contributed by atoms with Crippen LogP contribution in [0.2, 0.25) is 5.02 Å². The van der Waals surface area contributed by atoms with Gasteiger partial charge in [0.1, 0.15) is 23.5 Å². The van der Waals surface area contributed by atoms with Gasteiger partial charge >= 0.3 is 5.97 Å². The SMILES string of the molecule is CCCCc1c(Cl)c(O)c(C(=O)NCC(=O)O)c2ncnn12. The van der Waals surface area contributed by atoms with Gasteiger partial charge in [0.2, 0.25) is 0 Å². The van der Waals surface area contributed by atoms with E-state index in [1.165, 1.54) is 10.8 Å². The number of carbonyl (C=O) groups is 2. The number of carboxylic acid groups (broad SMARTS) is 1. The fourth-order valence-electron chi connectivity index (χ4n) is 2.07. The monoisotopic (exact) mass is 326 g/mol. The summed E-state index contributed by atoms with van der Waals surface area (Å²) in [5.41, 5.74) is 0.503. The molecule has 9 heteroatoms. The van der Waals surface area contributed by atoms with Gasteiger partial charge in [0.15, 0.2) is 11.4 Å². The van der Waals surface area contributed by atoms with Gasteiger partial charge in [-0.2, -0.15) is 5.10 Å². The first-order valence-corrected chi connectivity index (χ1v) is 7.08. The Balaban J connectivity index is 2.52. The van der Waals surface area contributed by atoms with Crippen LogP contribution in [0.1, 0.15) is 35.8 Å². The van der Waals surface area contributed by atoms with Gasteiger partial charge in [-0.15, -0.1) is 0 Å². The molecule has 0 aliphatic carbocycles. The molecule has 0 aromatic carbocycles. The molecular formula is C13H15ClN4O4. The Hall–Kier alpha value is -2.35. The highest BCUT2D eigenvalue weighted by molar-refractivity contribution is 6.33. The highest BCUT2D eigenvalue weighted by Crippen LogP contribution is 2.34. The molecule has 0 aliphatic heterocycles. The number of aliphatic carboxylic acids is 1. The number of nitrogens with one attached hydrogen (secondary N) is 1. The Labute approximate surface area is 130 Å². The van der Waals surface area contributed by atoms with Crippen molar-refractivity contribution in [3.8, 4) is 5.75 Å². The minimum atomic E-state index is -1.20. The van der Waals surface area contributed by atoms with Crippen LogP contribution in [0.5, 0.6) is 5.75 Å². The predicted octanol–water partition coefficient (Wildman–Crippen LogP) is 1.25. The van der Waals surface area contributed by atoms with E-state index in [2.05, 4.69) is 15.4 Å². The quantitative estimate of drug-likeness (QED) is 0.735. The fourth-order valence-corrected chi connectivity index (χ4v) is 2.34. The van der Waals surface area contributed by atoms with Gasteiger partial charge < -0.3 is 15.5 Å². The van der Waals surface area contributed by atoms with Crippen molar-refractivity contribution >= 4 is 29.1 Å². The van der Waals surface area contributed by atoms with Crippen LogP contribution < -0.4 is 5.32 Å². The van der Waals surface area contributed by atoms with Gasteiger partial charge in [0, 0.05) is 0 Å². The summed E-state index contributed by atoms with van der Waals surface area (Å²) in [7, 11) is 0. The van der Waals surface area contributed by atoms with E-state index in [1.54, 1.807) is 0 Å². The third kappa shape index (κ3) is 2.96. The number of halogens is 1. The number of carboxylic acids is 1. The summed E-state index contributed by atoms with van der Waals surface area (Å²) in [6.45, 7) is 1.44. The lowest BCUT2D eigenvalue weighted by Gasteiger charge is -2.12. The van der Waals surface area contributed by atoms with Gasteiger partial charge in [-0.3, -0.25) is 9.59 Å². The van der Waals surface area contributed by atoms with E-state index in [0.717, 1.165) is 12.8 Å². The van der Waals surface area contributed by atoms with Crippen LogP contribution in [0, 0.1) is 0 Å². The van der Waals surface area contributed by atoms with Crippen LogP contribution in [-0.2, 0) is 11.2 Å². The molecule has 0 fully saturated rings. The molecule has 0 saturated heterocycles. The highest BCUT2D eigenvalue weighted by Gasteiger charge is 2.24. The molecule has 22 heavy (non-hydrogen) atoms. The van der Waals surface area contributed by atoms with Crippen LogP contribution >= 0.6 is 11.6 Å². The van der Waals surface area contributed by atoms with Crippen molar-refractivity contribution in [2.75, 3.05) is 6.54 Å². The van der Waals surface area contributed by atoms with E-state index in [0.29, 0.717) is 12.1 Å². The number of hydrogen-bond donors (Lipinski definition) is 3. The summed E-state index contributed by atoms with van der Waals surface area (Å²) in [5.74, 6) is -2.39. The van der Waals surface area contributed by atoms with Crippen LogP contribution in [0.15, 0.2) is 6.33 Å². The number of fused-ring (bicyclic) bond motifs is 1. The van der Waals surface area contributed by atoms with Crippen molar-refractivity contribution in [3.63, 3.8) is 0 Å². The smallest absolute Gasteiger partial charge is 0.322 e.